The number of benzene rings is 2. The van der Waals surface area contributed by atoms with Crippen LogP contribution < -0.4 is 20.9 Å². The van der Waals surface area contributed by atoms with Crippen molar-refractivity contribution in [2.45, 2.75) is 45.1 Å². The summed E-state index contributed by atoms with van der Waals surface area (Å²) in [7, 11) is 0. The molecule has 2 aromatic heterocycles. The maximum absolute atomic E-state index is 6.15. The van der Waals surface area contributed by atoms with Crippen LogP contribution in [0, 0.1) is 6.92 Å². The van der Waals surface area contributed by atoms with Crippen LogP contribution in [0.25, 0.3) is 10.9 Å². The van der Waals surface area contributed by atoms with Crippen LogP contribution in [-0.4, -0.2) is 70.1 Å². The molecular formula is C31H38ClN9. The molecule has 4 aromatic rings. The number of pyridine rings is 1. The van der Waals surface area contributed by atoms with Crippen molar-refractivity contribution in [1.82, 2.24) is 24.8 Å². The van der Waals surface area contributed by atoms with Crippen LogP contribution in [0.15, 0.2) is 54.7 Å². The van der Waals surface area contributed by atoms with E-state index in [1.165, 1.54) is 19.3 Å². The molecule has 10 heteroatoms. The van der Waals surface area contributed by atoms with Gasteiger partial charge in [0.15, 0.2) is 0 Å². The quantitative estimate of drug-likeness (QED) is 0.220. The third-order valence-electron chi connectivity index (χ3n) is 8.06. The molecule has 0 atom stereocenters. The lowest BCUT2D eigenvalue weighted by Gasteiger charge is -2.35. The van der Waals surface area contributed by atoms with Crippen LogP contribution in [-0.2, 0) is 0 Å². The third kappa shape index (κ3) is 6.97. The van der Waals surface area contributed by atoms with E-state index in [4.69, 9.17) is 26.6 Å². The summed E-state index contributed by atoms with van der Waals surface area (Å²) in [6, 6.07) is 16.5. The number of aromatic nitrogens is 4. The second kappa shape index (κ2) is 12.9. The first-order valence-electron chi connectivity index (χ1n) is 14.7. The van der Waals surface area contributed by atoms with Crippen LogP contribution in [0.4, 0.5) is 29.2 Å². The van der Waals surface area contributed by atoms with E-state index in [-0.39, 0.29) is 0 Å². The monoisotopic (exact) mass is 571 g/mol. The summed E-state index contributed by atoms with van der Waals surface area (Å²) in [6.07, 6.45) is 7.98. The number of nitrogens with zero attached hydrogens (tertiary/aromatic N) is 6. The van der Waals surface area contributed by atoms with Crippen LogP contribution >= 0.6 is 11.6 Å². The fourth-order valence-electron chi connectivity index (χ4n) is 5.69. The summed E-state index contributed by atoms with van der Waals surface area (Å²) in [6.45, 7) is 7.54. The van der Waals surface area contributed by atoms with Gasteiger partial charge in [0.1, 0.15) is 0 Å². The molecule has 1 saturated carbocycles. The van der Waals surface area contributed by atoms with E-state index in [2.05, 4.69) is 49.8 Å². The standard InChI is InChI=1S/C31H38ClN9/c1-22-7-5-6-10-26(22)36-30-37-29(35-24-8-3-2-4-9-24)38-31(39-30)41-19-17-40(18-20-41)16-15-34-27-13-14-33-28-21-23(32)11-12-25(27)28/h5-7,10-14,21,24H,2-4,8-9,15-20H2,1H3,(H,33,34)(H2,35,36,37,38,39). The first-order valence-corrected chi connectivity index (χ1v) is 15.1. The summed E-state index contributed by atoms with van der Waals surface area (Å²) >= 11 is 6.15. The average molecular weight is 572 g/mol. The van der Waals surface area contributed by atoms with Crippen molar-refractivity contribution in [2.24, 2.45) is 0 Å². The zero-order valence-electron chi connectivity index (χ0n) is 23.6. The molecule has 3 N–H and O–H groups in total. The molecule has 1 aliphatic heterocycles. The number of fused-ring (bicyclic) bond motifs is 1. The molecule has 9 nitrogen and oxygen atoms in total. The number of anilines is 5. The number of halogens is 1. The van der Waals surface area contributed by atoms with Gasteiger partial charge in [0, 0.05) is 73.3 Å². The minimum absolute atomic E-state index is 0.421. The lowest BCUT2D eigenvalue weighted by molar-refractivity contribution is 0.266. The van der Waals surface area contributed by atoms with E-state index in [1.54, 1.807) is 0 Å². The Morgan fingerprint density at radius 2 is 1.68 bits per heavy atom. The Balaban J connectivity index is 1.09. The molecule has 0 spiro atoms. The van der Waals surface area contributed by atoms with Gasteiger partial charge in [0.25, 0.3) is 0 Å². The number of rotatable bonds is 9. The first-order chi connectivity index (χ1) is 20.1. The van der Waals surface area contributed by atoms with Gasteiger partial charge in [-0.05, 0) is 55.7 Å². The lowest BCUT2D eigenvalue weighted by atomic mass is 9.96. The molecule has 3 heterocycles. The Bertz CT molecular complexity index is 1470. The lowest BCUT2D eigenvalue weighted by Crippen LogP contribution is -2.48. The molecule has 0 amide bonds. The van der Waals surface area contributed by atoms with Crippen molar-refractivity contribution in [3.63, 3.8) is 0 Å². The fourth-order valence-corrected chi connectivity index (χ4v) is 5.85. The van der Waals surface area contributed by atoms with E-state index < -0.39 is 0 Å². The van der Waals surface area contributed by atoms with Crippen molar-refractivity contribution in [3.8, 4) is 0 Å². The molecule has 0 radical (unpaired) electrons. The number of nitrogens with one attached hydrogen (secondary N) is 3. The maximum Gasteiger partial charge on any atom is 0.233 e. The number of piperazine rings is 1. The fraction of sp³-hybridized carbons (Fsp3) is 0.419. The number of hydrogen-bond donors (Lipinski definition) is 3. The van der Waals surface area contributed by atoms with Gasteiger partial charge in [-0.2, -0.15) is 15.0 Å². The molecule has 2 aliphatic rings. The highest BCUT2D eigenvalue weighted by atomic mass is 35.5. The Morgan fingerprint density at radius 1 is 0.878 bits per heavy atom. The van der Waals surface area contributed by atoms with Crippen LogP contribution in [0.1, 0.15) is 37.7 Å². The SMILES string of the molecule is Cc1ccccc1Nc1nc(NC2CCCCC2)nc(N2CCN(CCNc3ccnc4cc(Cl)ccc34)CC2)n1. The molecule has 2 aromatic carbocycles. The van der Waals surface area contributed by atoms with Gasteiger partial charge in [-0.3, -0.25) is 9.88 Å². The Labute approximate surface area is 246 Å². The van der Waals surface area contributed by atoms with Gasteiger partial charge < -0.3 is 20.9 Å². The number of aryl methyl sites for hydroxylation is 1. The number of para-hydroxylation sites is 1. The molecule has 1 aliphatic carbocycles. The van der Waals surface area contributed by atoms with E-state index in [9.17, 15) is 0 Å². The highest BCUT2D eigenvalue weighted by Gasteiger charge is 2.22. The van der Waals surface area contributed by atoms with Gasteiger partial charge in [0.05, 0.1) is 5.52 Å². The molecular weight excluding hydrogens is 534 g/mol. The van der Waals surface area contributed by atoms with E-state index >= 15 is 0 Å². The van der Waals surface area contributed by atoms with Crippen LogP contribution in [0.2, 0.25) is 5.02 Å². The molecule has 1 saturated heterocycles. The zero-order chi connectivity index (χ0) is 28.0. The molecule has 214 valence electrons. The second-order valence-electron chi connectivity index (χ2n) is 11.0. The Hall–Kier alpha value is -3.69. The summed E-state index contributed by atoms with van der Waals surface area (Å²) in [5.74, 6) is 1.98. The second-order valence-corrected chi connectivity index (χ2v) is 11.4. The minimum atomic E-state index is 0.421. The smallest absolute Gasteiger partial charge is 0.233 e. The van der Waals surface area contributed by atoms with Crippen molar-refractivity contribution >= 4 is 51.7 Å². The normalized spacial score (nSPS) is 16.6. The molecule has 6 rings (SSSR count). The number of hydrogen-bond acceptors (Lipinski definition) is 9. The predicted octanol–water partition coefficient (Wildman–Crippen LogP) is 6.10. The summed E-state index contributed by atoms with van der Waals surface area (Å²) in [5.41, 5.74) is 4.15. The van der Waals surface area contributed by atoms with Crippen molar-refractivity contribution in [3.05, 3.63) is 65.3 Å². The van der Waals surface area contributed by atoms with Crippen LogP contribution in [0.3, 0.4) is 0 Å². The topological polar surface area (TPSA) is 94.1 Å². The van der Waals surface area contributed by atoms with Gasteiger partial charge in [-0.15, -0.1) is 0 Å². The van der Waals surface area contributed by atoms with Gasteiger partial charge in [-0.1, -0.05) is 49.1 Å². The maximum atomic E-state index is 6.15. The molecule has 0 unspecified atom stereocenters. The molecule has 2 fully saturated rings. The average Bonchev–Trinajstić information content (AvgIpc) is 2.99. The molecule has 41 heavy (non-hydrogen) atoms. The van der Waals surface area contributed by atoms with Crippen molar-refractivity contribution < 1.29 is 0 Å². The first kappa shape index (κ1) is 27.5. The Kier molecular flexibility index (Phi) is 8.63. The predicted molar refractivity (Wildman–Crippen MR) is 169 cm³/mol. The van der Waals surface area contributed by atoms with Crippen molar-refractivity contribution in [1.29, 1.82) is 0 Å². The molecule has 0 bridgehead atoms. The summed E-state index contributed by atoms with van der Waals surface area (Å²) in [4.78, 5) is 23.7. The van der Waals surface area contributed by atoms with Gasteiger partial charge in [-0.25, -0.2) is 0 Å². The van der Waals surface area contributed by atoms with Crippen LogP contribution in [0.5, 0.6) is 0 Å². The highest BCUT2D eigenvalue weighted by molar-refractivity contribution is 6.31. The van der Waals surface area contributed by atoms with E-state index in [1.807, 2.05) is 42.6 Å². The highest BCUT2D eigenvalue weighted by Crippen LogP contribution is 2.26. The van der Waals surface area contributed by atoms with E-state index in [0.29, 0.717) is 23.0 Å². The largest absolute Gasteiger partial charge is 0.383 e. The van der Waals surface area contributed by atoms with Gasteiger partial charge >= 0.3 is 0 Å². The third-order valence-corrected chi connectivity index (χ3v) is 8.29. The Morgan fingerprint density at radius 3 is 2.51 bits per heavy atom. The van der Waals surface area contributed by atoms with Crippen molar-refractivity contribution in [2.75, 3.05) is 60.1 Å². The van der Waals surface area contributed by atoms with E-state index in [0.717, 1.165) is 85.9 Å². The summed E-state index contributed by atoms with van der Waals surface area (Å²) < 4.78 is 0. The summed E-state index contributed by atoms with van der Waals surface area (Å²) in [5, 5.41) is 12.4. The van der Waals surface area contributed by atoms with Gasteiger partial charge in [0.2, 0.25) is 17.8 Å². The zero-order valence-corrected chi connectivity index (χ0v) is 24.4. The minimum Gasteiger partial charge on any atom is -0.383 e.